The molecule has 0 aliphatic heterocycles. The molecule has 0 aliphatic carbocycles. The highest BCUT2D eigenvalue weighted by molar-refractivity contribution is 6.30. The van der Waals surface area contributed by atoms with Gasteiger partial charge in [-0.25, -0.2) is 4.98 Å². The number of hydrogen-bond donors (Lipinski definition) is 0. The van der Waals surface area contributed by atoms with Gasteiger partial charge in [0.05, 0.1) is 26.2 Å². The van der Waals surface area contributed by atoms with Gasteiger partial charge >= 0.3 is 5.97 Å². The molecule has 0 aromatic carbocycles. The van der Waals surface area contributed by atoms with Crippen LogP contribution < -0.4 is 4.74 Å². The number of aromatic nitrogens is 2. The molecule has 0 N–H and O–H groups in total. The Hall–Kier alpha value is -1.36. The van der Waals surface area contributed by atoms with E-state index in [1.54, 1.807) is 0 Å². The van der Waals surface area contributed by atoms with E-state index in [2.05, 4.69) is 14.7 Å². The third kappa shape index (κ3) is 3.32. The molecular formula is C12H17ClN2O3. The van der Waals surface area contributed by atoms with Crippen LogP contribution in [-0.2, 0) is 21.4 Å². The number of rotatable bonds is 3. The number of nitrogens with zero attached hydrogens (tertiary/aromatic N) is 2. The van der Waals surface area contributed by atoms with Crippen molar-refractivity contribution in [1.29, 1.82) is 0 Å². The number of halogens is 1. The van der Waals surface area contributed by atoms with Crippen molar-refractivity contribution in [1.82, 2.24) is 9.97 Å². The molecule has 1 aromatic rings. The molecule has 100 valence electrons. The first-order valence-electron chi connectivity index (χ1n) is 5.47. The van der Waals surface area contributed by atoms with Gasteiger partial charge in [0.2, 0.25) is 5.88 Å². The van der Waals surface area contributed by atoms with E-state index in [0.717, 1.165) is 0 Å². The first-order valence-corrected chi connectivity index (χ1v) is 5.85. The molecule has 0 saturated heterocycles. The smallest absolute Gasteiger partial charge is 0.310 e. The topological polar surface area (TPSA) is 61.3 Å². The molecule has 0 fully saturated rings. The van der Waals surface area contributed by atoms with Crippen LogP contribution in [0, 0.1) is 0 Å². The third-order valence-corrected chi connectivity index (χ3v) is 2.64. The second-order valence-corrected chi connectivity index (χ2v) is 5.19. The van der Waals surface area contributed by atoms with Crippen molar-refractivity contribution in [2.45, 2.75) is 32.6 Å². The molecule has 0 spiro atoms. The van der Waals surface area contributed by atoms with Gasteiger partial charge < -0.3 is 9.47 Å². The Bertz CT molecular complexity index is 455. The molecule has 0 amide bonds. The Morgan fingerprint density at radius 2 is 1.89 bits per heavy atom. The lowest BCUT2D eigenvalue weighted by Crippen LogP contribution is -2.18. The molecular weight excluding hydrogens is 256 g/mol. The fourth-order valence-electron chi connectivity index (χ4n) is 1.31. The summed E-state index contributed by atoms with van der Waals surface area (Å²) in [6.07, 6.45) is -0.0110. The number of carbonyl (C=O) groups excluding carboxylic acids is 1. The zero-order valence-electron chi connectivity index (χ0n) is 11.2. The monoisotopic (exact) mass is 272 g/mol. The van der Waals surface area contributed by atoms with E-state index < -0.39 is 5.97 Å². The van der Waals surface area contributed by atoms with Crippen molar-refractivity contribution >= 4 is 17.6 Å². The lowest BCUT2D eigenvalue weighted by atomic mass is 9.95. The van der Waals surface area contributed by atoms with Crippen molar-refractivity contribution in [2.24, 2.45) is 0 Å². The molecule has 0 aliphatic rings. The van der Waals surface area contributed by atoms with E-state index in [9.17, 15) is 4.79 Å². The Labute approximate surface area is 111 Å². The van der Waals surface area contributed by atoms with Gasteiger partial charge in [-0.3, -0.25) is 4.79 Å². The number of esters is 1. The molecule has 0 atom stereocenters. The lowest BCUT2D eigenvalue weighted by Gasteiger charge is -2.18. The largest absolute Gasteiger partial charge is 0.481 e. The van der Waals surface area contributed by atoms with Crippen LogP contribution in [0.3, 0.4) is 0 Å². The minimum Gasteiger partial charge on any atom is -0.481 e. The fourth-order valence-corrected chi connectivity index (χ4v) is 1.53. The van der Waals surface area contributed by atoms with Gasteiger partial charge in [-0.2, -0.15) is 4.98 Å². The van der Waals surface area contributed by atoms with E-state index in [-0.39, 0.29) is 17.0 Å². The van der Waals surface area contributed by atoms with Crippen molar-refractivity contribution in [3.05, 3.63) is 16.5 Å². The molecule has 1 aromatic heterocycles. The van der Waals surface area contributed by atoms with Crippen molar-refractivity contribution in [3.63, 3.8) is 0 Å². The summed E-state index contributed by atoms with van der Waals surface area (Å²) in [5.41, 5.74) is 0.194. The van der Waals surface area contributed by atoms with E-state index in [1.165, 1.54) is 14.2 Å². The second kappa shape index (κ2) is 5.52. The van der Waals surface area contributed by atoms with Crippen LogP contribution in [0.1, 0.15) is 32.2 Å². The summed E-state index contributed by atoms with van der Waals surface area (Å²) in [5, 5.41) is 0.220. The Kier molecular flexibility index (Phi) is 4.51. The molecule has 6 heteroatoms. The summed E-state index contributed by atoms with van der Waals surface area (Å²) in [5.74, 6) is 0.464. The van der Waals surface area contributed by atoms with Gasteiger partial charge in [0.15, 0.2) is 0 Å². The quantitative estimate of drug-likeness (QED) is 0.623. The zero-order chi connectivity index (χ0) is 13.9. The summed E-state index contributed by atoms with van der Waals surface area (Å²) in [7, 11) is 2.79. The van der Waals surface area contributed by atoms with Crippen LogP contribution in [0.4, 0.5) is 0 Å². The van der Waals surface area contributed by atoms with Gasteiger partial charge in [0, 0.05) is 5.41 Å². The fraction of sp³-hybridized carbons (Fsp3) is 0.583. The van der Waals surface area contributed by atoms with Crippen LogP contribution in [0.2, 0.25) is 5.15 Å². The summed E-state index contributed by atoms with van der Waals surface area (Å²) < 4.78 is 9.76. The van der Waals surface area contributed by atoms with E-state index in [0.29, 0.717) is 17.3 Å². The zero-order valence-corrected chi connectivity index (χ0v) is 12.0. The Morgan fingerprint density at radius 1 is 1.28 bits per heavy atom. The maximum absolute atomic E-state index is 11.3. The summed E-state index contributed by atoms with van der Waals surface area (Å²) >= 11 is 6.08. The normalized spacial score (nSPS) is 11.2. The predicted octanol–water partition coefficient (Wildman–Crippen LogP) is 2.15. The predicted molar refractivity (Wildman–Crippen MR) is 68.0 cm³/mol. The van der Waals surface area contributed by atoms with Crippen LogP contribution in [0.15, 0.2) is 0 Å². The molecule has 1 rings (SSSR count). The highest BCUT2D eigenvalue weighted by atomic mass is 35.5. The second-order valence-electron chi connectivity index (χ2n) is 4.83. The van der Waals surface area contributed by atoms with Gasteiger partial charge in [-0.05, 0) is 0 Å². The number of ether oxygens (including phenoxy) is 2. The average Bonchev–Trinajstić information content (AvgIpc) is 2.29. The molecule has 0 unspecified atom stereocenters. The summed E-state index contributed by atoms with van der Waals surface area (Å²) in [6, 6.07) is 0. The number of methoxy groups -OCH3 is 2. The molecule has 18 heavy (non-hydrogen) atoms. The lowest BCUT2D eigenvalue weighted by molar-refractivity contribution is -0.139. The Morgan fingerprint density at radius 3 is 2.33 bits per heavy atom. The minimum absolute atomic E-state index is 0.0110. The van der Waals surface area contributed by atoms with Crippen LogP contribution in [0.25, 0.3) is 0 Å². The Balaban J connectivity index is 3.24. The van der Waals surface area contributed by atoms with Gasteiger partial charge in [-0.15, -0.1) is 0 Å². The molecule has 1 heterocycles. The van der Waals surface area contributed by atoms with Crippen LogP contribution in [0.5, 0.6) is 5.88 Å². The average molecular weight is 273 g/mol. The maximum atomic E-state index is 11.3. The standard InChI is InChI=1S/C12H17ClN2O3/c1-12(2,3)11-14-9(13)7(6-8(16)17-4)10(15-11)18-5/h6H2,1-5H3. The third-order valence-electron chi connectivity index (χ3n) is 2.33. The van der Waals surface area contributed by atoms with Gasteiger partial charge in [0.1, 0.15) is 11.0 Å². The number of hydrogen-bond acceptors (Lipinski definition) is 5. The summed E-state index contributed by atoms with van der Waals surface area (Å²) in [4.78, 5) is 19.8. The van der Waals surface area contributed by atoms with Crippen LogP contribution >= 0.6 is 11.6 Å². The minimum atomic E-state index is -0.415. The first-order chi connectivity index (χ1) is 8.29. The van der Waals surface area contributed by atoms with Crippen molar-refractivity contribution in [3.8, 4) is 5.88 Å². The highest BCUT2D eigenvalue weighted by Crippen LogP contribution is 2.28. The number of carbonyl (C=O) groups is 1. The van der Waals surface area contributed by atoms with Gasteiger partial charge in [0.25, 0.3) is 0 Å². The molecule has 0 bridgehead atoms. The van der Waals surface area contributed by atoms with Crippen molar-refractivity contribution in [2.75, 3.05) is 14.2 Å². The van der Waals surface area contributed by atoms with E-state index in [4.69, 9.17) is 16.3 Å². The molecule has 5 nitrogen and oxygen atoms in total. The maximum Gasteiger partial charge on any atom is 0.310 e. The molecule has 0 saturated carbocycles. The van der Waals surface area contributed by atoms with E-state index >= 15 is 0 Å². The SMILES string of the molecule is COC(=O)Cc1c(Cl)nc(C(C)(C)C)nc1OC. The van der Waals surface area contributed by atoms with E-state index in [1.807, 2.05) is 20.8 Å². The summed E-state index contributed by atoms with van der Waals surface area (Å²) in [6.45, 7) is 5.91. The van der Waals surface area contributed by atoms with Crippen molar-refractivity contribution < 1.29 is 14.3 Å². The first kappa shape index (κ1) is 14.7. The highest BCUT2D eigenvalue weighted by Gasteiger charge is 2.23. The van der Waals surface area contributed by atoms with Gasteiger partial charge in [-0.1, -0.05) is 32.4 Å². The molecule has 0 radical (unpaired) electrons. The van der Waals surface area contributed by atoms with Crippen LogP contribution in [-0.4, -0.2) is 30.2 Å².